The van der Waals surface area contributed by atoms with Gasteiger partial charge in [0.05, 0.1) is 19.3 Å². The molecule has 5 nitrogen and oxygen atoms in total. The average molecular weight is 279 g/mol. The molecule has 2 aliphatic rings. The molecule has 0 radical (unpaired) electrons. The molecule has 2 fully saturated rings. The maximum Gasteiger partial charge on any atom is 0.221 e. The number of rotatable bonds is 4. The molecule has 2 rings (SSSR count). The van der Waals surface area contributed by atoms with E-state index in [-0.39, 0.29) is 30.5 Å². The van der Waals surface area contributed by atoms with Gasteiger partial charge >= 0.3 is 0 Å². The summed E-state index contributed by atoms with van der Waals surface area (Å²) in [5.74, 6) is 0.0853. The summed E-state index contributed by atoms with van der Waals surface area (Å²) >= 11 is 0. The van der Waals surface area contributed by atoms with Crippen molar-refractivity contribution in [2.24, 2.45) is 0 Å². The minimum Gasteiger partial charge on any atom is -0.378 e. The Bertz CT molecular complexity index is 241. The predicted octanol–water partition coefficient (Wildman–Crippen LogP) is 0.472. The van der Waals surface area contributed by atoms with E-state index in [2.05, 4.69) is 10.6 Å². The third kappa shape index (κ3) is 5.52. The number of hydrogen-bond acceptors (Lipinski definition) is 4. The highest BCUT2D eigenvalue weighted by molar-refractivity contribution is 5.85. The fourth-order valence-corrected chi connectivity index (χ4v) is 2.24. The second-order valence-electron chi connectivity index (χ2n) is 4.72. The van der Waals surface area contributed by atoms with Crippen LogP contribution in [0.4, 0.5) is 0 Å². The van der Waals surface area contributed by atoms with Gasteiger partial charge in [0.1, 0.15) is 0 Å². The highest BCUT2D eigenvalue weighted by Gasteiger charge is 2.18. The molecular formula is C12H23ClN2O3. The molecule has 0 aromatic heterocycles. The van der Waals surface area contributed by atoms with Crippen molar-refractivity contribution in [2.45, 2.75) is 37.8 Å². The van der Waals surface area contributed by atoms with Crippen molar-refractivity contribution >= 4 is 18.3 Å². The Morgan fingerprint density at radius 1 is 1.33 bits per heavy atom. The standard InChI is InChI=1S/C12H22N2O3.ClH/c15-12(7-10-9-16-6-4-13-10)14-8-11-3-1-2-5-17-11;/h10-11,13H,1-9H2,(H,14,15);1H. The normalized spacial score (nSPS) is 28.2. The second kappa shape index (κ2) is 8.69. The lowest BCUT2D eigenvalue weighted by molar-refractivity contribution is -0.123. The van der Waals surface area contributed by atoms with Crippen LogP contribution in [0, 0.1) is 0 Å². The molecule has 18 heavy (non-hydrogen) atoms. The van der Waals surface area contributed by atoms with E-state index >= 15 is 0 Å². The third-order valence-electron chi connectivity index (χ3n) is 3.23. The minimum absolute atomic E-state index is 0. The summed E-state index contributed by atoms with van der Waals surface area (Å²) in [6, 6.07) is 0.163. The number of carbonyl (C=O) groups is 1. The van der Waals surface area contributed by atoms with Gasteiger partial charge in [0.15, 0.2) is 0 Å². The Hall–Kier alpha value is -0.360. The van der Waals surface area contributed by atoms with E-state index in [1.165, 1.54) is 6.42 Å². The van der Waals surface area contributed by atoms with E-state index in [9.17, 15) is 4.79 Å². The first kappa shape index (κ1) is 15.7. The predicted molar refractivity (Wildman–Crippen MR) is 71.1 cm³/mol. The van der Waals surface area contributed by atoms with E-state index in [0.717, 1.165) is 32.6 Å². The fraction of sp³-hybridized carbons (Fsp3) is 0.917. The molecule has 0 aliphatic carbocycles. The SMILES string of the molecule is Cl.O=C(CC1COCCN1)NCC1CCCCO1. The van der Waals surface area contributed by atoms with Crippen LogP contribution in [0.2, 0.25) is 0 Å². The first-order valence-electron chi connectivity index (χ1n) is 6.54. The molecule has 1 amide bonds. The first-order chi connectivity index (χ1) is 8.34. The molecule has 2 aliphatic heterocycles. The van der Waals surface area contributed by atoms with Gasteiger partial charge in [0.25, 0.3) is 0 Å². The van der Waals surface area contributed by atoms with Crippen molar-refractivity contribution < 1.29 is 14.3 Å². The Morgan fingerprint density at radius 2 is 2.22 bits per heavy atom. The van der Waals surface area contributed by atoms with Gasteiger partial charge < -0.3 is 20.1 Å². The molecule has 0 bridgehead atoms. The second-order valence-corrected chi connectivity index (χ2v) is 4.72. The Morgan fingerprint density at radius 3 is 2.89 bits per heavy atom. The summed E-state index contributed by atoms with van der Waals surface area (Å²) in [6.45, 7) is 3.69. The molecule has 2 N–H and O–H groups in total. The summed E-state index contributed by atoms with van der Waals surface area (Å²) in [5, 5.41) is 6.21. The largest absolute Gasteiger partial charge is 0.378 e. The van der Waals surface area contributed by atoms with E-state index < -0.39 is 0 Å². The molecular weight excluding hydrogens is 256 g/mol. The third-order valence-corrected chi connectivity index (χ3v) is 3.23. The van der Waals surface area contributed by atoms with Gasteiger partial charge in [-0.3, -0.25) is 4.79 Å². The van der Waals surface area contributed by atoms with E-state index in [1.807, 2.05) is 0 Å². The molecule has 0 aromatic rings. The summed E-state index contributed by atoms with van der Waals surface area (Å²) in [5.41, 5.74) is 0. The van der Waals surface area contributed by atoms with E-state index in [4.69, 9.17) is 9.47 Å². The quantitative estimate of drug-likeness (QED) is 0.785. The number of halogens is 1. The molecule has 6 heteroatoms. The van der Waals surface area contributed by atoms with Gasteiger partial charge in [-0.25, -0.2) is 0 Å². The van der Waals surface area contributed by atoms with Crippen molar-refractivity contribution in [3.63, 3.8) is 0 Å². The average Bonchev–Trinajstić information content (AvgIpc) is 2.39. The van der Waals surface area contributed by atoms with Gasteiger partial charge in [0, 0.05) is 32.2 Å². The lowest BCUT2D eigenvalue weighted by Crippen LogP contribution is -2.45. The summed E-state index contributed by atoms with van der Waals surface area (Å²) < 4.78 is 10.9. The monoisotopic (exact) mass is 278 g/mol. The van der Waals surface area contributed by atoms with Crippen LogP contribution < -0.4 is 10.6 Å². The summed E-state index contributed by atoms with van der Waals surface area (Å²) in [6.07, 6.45) is 4.12. The van der Waals surface area contributed by atoms with E-state index in [1.54, 1.807) is 0 Å². The summed E-state index contributed by atoms with van der Waals surface area (Å²) in [7, 11) is 0. The Labute approximate surface area is 114 Å². The van der Waals surface area contributed by atoms with Gasteiger partial charge in [-0.2, -0.15) is 0 Å². The highest BCUT2D eigenvalue weighted by atomic mass is 35.5. The lowest BCUT2D eigenvalue weighted by atomic mass is 10.1. The molecule has 2 atom stereocenters. The summed E-state index contributed by atoms with van der Waals surface area (Å²) in [4.78, 5) is 11.7. The first-order valence-corrected chi connectivity index (χ1v) is 6.54. The maximum absolute atomic E-state index is 11.7. The van der Waals surface area contributed by atoms with Gasteiger partial charge in [-0.1, -0.05) is 0 Å². The number of carbonyl (C=O) groups excluding carboxylic acids is 1. The fourth-order valence-electron chi connectivity index (χ4n) is 2.24. The van der Waals surface area contributed by atoms with Gasteiger partial charge in [0.2, 0.25) is 5.91 Å². The van der Waals surface area contributed by atoms with Crippen LogP contribution in [0.1, 0.15) is 25.7 Å². The van der Waals surface area contributed by atoms with Crippen LogP contribution in [-0.2, 0) is 14.3 Å². The zero-order chi connectivity index (χ0) is 11.9. The topological polar surface area (TPSA) is 59.6 Å². The molecule has 2 unspecified atom stereocenters. The number of ether oxygens (including phenoxy) is 2. The Balaban J connectivity index is 0.00000162. The van der Waals surface area contributed by atoms with Crippen LogP contribution in [-0.4, -0.2) is 51.0 Å². The van der Waals surface area contributed by atoms with Crippen LogP contribution >= 0.6 is 12.4 Å². The maximum atomic E-state index is 11.7. The highest BCUT2D eigenvalue weighted by Crippen LogP contribution is 2.11. The number of amides is 1. The van der Waals surface area contributed by atoms with Gasteiger partial charge in [-0.05, 0) is 19.3 Å². The molecule has 0 spiro atoms. The number of morpholine rings is 1. The Kier molecular flexibility index (Phi) is 7.58. The molecule has 106 valence electrons. The minimum atomic E-state index is 0. The number of hydrogen-bond donors (Lipinski definition) is 2. The van der Waals surface area contributed by atoms with Crippen molar-refractivity contribution in [2.75, 3.05) is 32.9 Å². The van der Waals surface area contributed by atoms with Crippen molar-refractivity contribution in [1.82, 2.24) is 10.6 Å². The van der Waals surface area contributed by atoms with Crippen LogP contribution in [0.3, 0.4) is 0 Å². The molecule has 2 saturated heterocycles. The lowest BCUT2D eigenvalue weighted by Gasteiger charge is -2.25. The van der Waals surface area contributed by atoms with Crippen molar-refractivity contribution in [1.29, 1.82) is 0 Å². The van der Waals surface area contributed by atoms with Crippen molar-refractivity contribution in [3.8, 4) is 0 Å². The zero-order valence-electron chi connectivity index (χ0n) is 10.7. The molecule has 0 saturated carbocycles. The van der Waals surface area contributed by atoms with Crippen LogP contribution in [0.15, 0.2) is 0 Å². The zero-order valence-corrected chi connectivity index (χ0v) is 11.5. The molecule has 2 heterocycles. The van der Waals surface area contributed by atoms with Crippen molar-refractivity contribution in [3.05, 3.63) is 0 Å². The van der Waals surface area contributed by atoms with Gasteiger partial charge in [-0.15, -0.1) is 12.4 Å². The van der Waals surface area contributed by atoms with Crippen LogP contribution in [0.5, 0.6) is 0 Å². The molecule has 0 aromatic carbocycles. The van der Waals surface area contributed by atoms with Crippen LogP contribution in [0.25, 0.3) is 0 Å². The van der Waals surface area contributed by atoms with E-state index in [0.29, 0.717) is 19.6 Å². The smallest absolute Gasteiger partial charge is 0.221 e. The number of nitrogens with one attached hydrogen (secondary N) is 2.